The van der Waals surface area contributed by atoms with Crippen LogP contribution >= 0.6 is 0 Å². The summed E-state index contributed by atoms with van der Waals surface area (Å²) in [7, 11) is 0. The Bertz CT molecular complexity index is 988. The number of imidazole rings is 2. The Balaban J connectivity index is 1.32. The summed E-state index contributed by atoms with van der Waals surface area (Å²) in [6, 6.07) is 11.4. The van der Waals surface area contributed by atoms with Crippen LogP contribution in [0, 0.1) is 0 Å². The van der Waals surface area contributed by atoms with Crippen LogP contribution in [0.3, 0.4) is 0 Å². The van der Waals surface area contributed by atoms with Gasteiger partial charge in [0.15, 0.2) is 0 Å². The van der Waals surface area contributed by atoms with Gasteiger partial charge in [-0.1, -0.05) is 12.1 Å². The Morgan fingerprint density at radius 1 is 1.19 bits per heavy atom. The molecule has 7 heteroatoms. The summed E-state index contributed by atoms with van der Waals surface area (Å²) in [5.74, 6) is 1.49. The number of para-hydroxylation sites is 2. The van der Waals surface area contributed by atoms with Crippen molar-refractivity contribution in [1.29, 1.82) is 0 Å². The molecule has 0 aliphatic rings. The second-order valence-electron chi connectivity index (χ2n) is 5.93. The first-order chi connectivity index (χ1) is 12.8. The number of nitrogens with zero attached hydrogens (tertiary/aromatic N) is 4. The lowest BCUT2D eigenvalue weighted by molar-refractivity contribution is 0.0953. The van der Waals surface area contributed by atoms with Crippen molar-refractivity contribution in [2.24, 2.45) is 0 Å². The minimum Gasteiger partial charge on any atom is -0.352 e. The minimum atomic E-state index is -0.113. The van der Waals surface area contributed by atoms with Gasteiger partial charge in [-0.2, -0.15) is 0 Å². The first kappa shape index (κ1) is 16.0. The van der Waals surface area contributed by atoms with Gasteiger partial charge in [-0.15, -0.1) is 0 Å². The van der Waals surface area contributed by atoms with E-state index < -0.39 is 0 Å². The largest absolute Gasteiger partial charge is 0.352 e. The molecule has 0 aliphatic carbocycles. The van der Waals surface area contributed by atoms with Crippen molar-refractivity contribution in [2.75, 3.05) is 6.54 Å². The summed E-state index contributed by atoms with van der Waals surface area (Å²) >= 11 is 0. The van der Waals surface area contributed by atoms with Crippen molar-refractivity contribution in [3.05, 3.63) is 72.7 Å². The maximum Gasteiger partial charge on any atom is 0.251 e. The summed E-state index contributed by atoms with van der Waals surface area (Å²) in [6.45, 7) is 0.582. The molecule has 4 rings (SSSR count). The van der Waals surface area contributed by atoms with Gasteiger partial charge in [-0.3, -0.25) is 9.36 Å². The number of carbonyl (C=O) groups is 1. The van der Waals surface area contributed by atoms with Gasteiger partial charge in [-0.25, -0.2) is 15.0 Å². The quantitative estimate of drug-likeness (QED) is 0.525. The topological polar surface area (TPSA) is 88.5 Å². The molecule has 1 amide bonds. The Morgan fingerprint density at radius 2 is 2.12 bits per heavy atom. The molecule has 0 unspecified atom stereocenters. The highest BCUT2D eigenvalue weighted by molar-refractivity contribution is 5.94. The lowest BCUT2D eigenvalue weighted by Crippen LogP contribution is -2.25. The zero-order valence-electron chi connectivity index (χ0n) is 14.1. The molecule has 1 aromatic carbocycles. The first-order valence-electron chi connectivity index (χ1n) is 8.46. The van der Waals surface area contributed by atoms with Crippen LogP contribution in [0.5, 0.6) is 0 Å². The summed E-state index contributed by atoms with van der Waals surface area (Å²) < 4.78 is 1.76. The SMILES string of the molecule is O=C(NCCCc1nc2ccccc2[nH]1)c1ccnc(-n2ccnc2)c1. The predicted octanol–water partition coefficient (Wildman–Crippen LogP) is 2.51. The standard InChI is InChI=1S/C19H18N6O/c26-19(14-7-9-21-18(12-14)25-11-10-20-13-25)22-8-3-6-17-23-15-4-1-2-5-16(15)24-17/h1-2,4-5,7,9-13H,3,6,8H2,(H,22,26)(H,23,24). The van der Waals surface area contributed by atoms with Crippen LogP contribution in [0.4, 0.5) is 0 Å². The zero-order chi connectivity index (χ0) is 17.8. The molecular formula is C19H18N6O. The van der Waals surface area contributed by atoms with Crippen LogP contribution in [-0.2, 0) is 6.42 Å². The third-order valence-corrected chi connectivity index (χ3v) is 4.09. The fraction of sp³-hybridized carbons (Fsp3) is 0.158. The fourth-order valence-corrected chi connectivity index (χ4v) is 2.78. The molecule has 0 spiro atoms. The number of aromatic amines is 1. The molecule has 7 nitrogen and oxygen atoms in total. The zero-order valence-corrected chi connectivity index (χ0v) is 14.1. The fourth-order valence-electron chi connectivity index (χ4n) is 2.78. The molecule has 26 heavy (non-hydrogen) atoms. The number of fused-ring (bicyclic) bond motifs is 1. The van der Waals surface area contributed by atoms with Gasteiger partial charge in [0.25, 0.3) is 5.91 Å². The highest BCUT2D eigenvalue weighted by atomic mass is 16.1. The number of aromatic nitrogens is 5. The van der Waals surface area contributed by atoms with Gasteiger partial charge >= 0.3 is 0 Å². The molecule has 4 aromatic rings. The third-order valence-electron chi connectivity index (χ3n) is 4.09. The first-order valence-corrected chi connectivity index (χ1v) is 8.46. The molecule has 0 fully saturated rings. The minimum absolute atomic E-state index is 0.113. The molecule has 3 heterocycles. The molecule has 0 aliphatic heterocycles. The van der Waals surface area contributed by atoms with E-state index in [9.17, 15) is 4.79 Å². The van der Waals surface area contributed by atoms with E-state index in [1.807, 2.05) is 24.3 Å². The number of nitrogens with one attached hydrogen (secondary N) is 2. The second-order valence-corrected chi connectivity index (χ2v) is 5.93. The van der Waals surface area contributed by atoms with Gasteiger partial charge in [0.05, 0.1) is 11.0 Å². The molecule has 0 radical (unpaired) electrons. The van der Waals surface area contributed by atoms with Crippen molar-refractivity contribution in [3.63, 3.8) is 0 Å². The van der Waals surface area contributed by atoms with Crippen molar-refractivity contribution < 1.29 is 4.79 Å². The Labute approximate surface area is 150 Å². The molecule has 3 aromatic heterocycles. The maximum atomic E-state index is 12.3. The van der Waals surface area contributed by atoms with Crippen molar-refractivity contribution >= 4 is 16.9 Å². The number of hydrogen-bond acceptors (Lipinski definition) is 4. The molecular weight excluding hydrogens is 328 g/mol. The molecule has 2 N–H and O–H groups in total. The average Bonchev–Trinajstić information content (AvgIpc) is 3.34. The third kappa shape index (κ3) is 3.46. The number of carbonyl (C=O) groups excluding carboxylic acids is 1. The van der Waals surface area contributed by atoms with Gasteiger partial charge < -0.3 is 10.3 Å². The van der Waals surface area contributed by atoms with E-state index in [4.69, 9.17) is 0 Å². The van der Waals surface area contributed by atoms with E-state index in [-0.39, 0.29) is 5.91 Å². The van der Waals surface area contributed by atoms with Gasteiger partial charge in [0, 0.05) is 37.1 Å². The summed E-state index contributed by atoms with van der Waals surface area (Å²) in [5, 5.41) is 2.94. The van der Waals surface area contributed by atoms with Crippen molar-refractivity contribution in [1.82, 2.24) is 29.8 Å². The van der Waals surface area contributed by atoms with E-state index >= 15 is 0 Å². The Kier molecular flexibility index (Phi) is 4.42. The van der Waals surface area contributed by atoms with Crippen LogP contribution in [0.15, 0.2) is 61.3 Å². The summed E-state index contributed by atoms with van der Waals surface area (Å²) in [5.41, 5.74) is 2.58. The maximum absolute atomic E-state index is 12.3. The summed E-state index contributed by atoms with van der Waals surface area (Å²) in [6.07, 6.45) is 8.33. The average molecular weight is 346 g/mol. The number of hydrogen-bond donors (Lipinski definition) is 2. The number of pyridine rings is 1. The number of rotatable bonds is 6. The molecule has 0 saturated heterocycles. The van der Waals surface area contributed by atoms with Gasteiger partial charge in [0.1, 0.15) is 18.0 Å². The highest BCUT2D eigenvalue weighted by Crippen LogP contribution is 2.11. The van der Waals surface area contributed by atoms with E-state index in [2.05, 4.69) is 25.3 Å². The molecule has 130 valence electrons. The molecule has 0 saturated carbocycles. The number of benzene rings is 1. The van der Waals surface area contributed by atoms with Gasteiger partial charge in [-0.05, 0) is 30.7 Å². The van der Waals surface area contributed by atoms with Crippen molar-refractivity contribution in [2.45, 2.75) is 12.8 Å². The number of H-pyrrole nitrogens is 1. The van der Waals surface area contributed by atoms with E-state index in [1.165, 1.54) is 0 Å². The number of amides is 1. The highest BCUT2D eigenvalue weighted by Gasteiger charge is 2.08. The van der Waals surface area contributed by atoms with E-state index in [0.29, 0.717) is 17.9 Å². The lowest BCUT2D eigenvalue weighted by atomic mass is 10.2. The van der Waals surface area contributed by atoms with E-state index in [0.717, 1.165) is 29.7 Å². The smallest absolute Gasteiger partial charge is 0.251 e. The Morgan fingerprint density at radius 3 is 2.96 bits per heavy atom. The molecule has 0 atom stereocenters. The monoisotopic (exact) mass is 346 g/mol. The van der Waals surface area contributed by atoms with Crippen LogP contribution in [0.1, 0.15) is 22.6 Å². The molecule has 0 bridgehead atoms. The number of aryl methyl sites for hydroxylation is 1. The lowest BCUT2D eigenvalue weighted by Gasteiger charge is -2.06. The second kappa shape index (κ2) is 7.18. The van der Waals surface area contributed by atoms with Crippen LogP contribution in [0.25, 0.3) is 16.9 Å². The Hall–Kier alpha value is -3.48. The van der Waals surface area contributed by atoms with Crippen LogP contribution in [0.2, 0.25) is 0 Å². The normalized spacial score (nSPS) is 10.9. The summed E-state index contributed by atoms with van der Waals surface area (Å²) in [4.78, 5) is 28.4. The van der Waals surface area contributed by atoms with Crippen molar-refractivity contribution in [3.8, 4) is 5.82 Å². The van der Waals surface area contributed by atoms with Crippen LogP contribution in [-0.4, -0.2) is 37.0 Å². The van der Waals surface area contributed by atoms with E-state index in [1.54, 1.807) is 41.6 Å². The van der Waals surface area contributed by atoms with Gasteiger partial charge in [0.2, 0.25) is 0 Å². The predicted molar refractivity (Wildman–Crippen MR) is 98.1 cm³/mol. The van der Waals surface area contributed by atoms with Crippen LogP contribution < -0.4 is 5.32 Å².